The number of rotatable bonds is 5. The van der Waals surface area contributed by atoms with Crippen molar-refractivity contribution < 1.29 is 0 Å². The second-order valence-corrected chi connectivity index (χ2v) is 7.75. The number of benzene rings is 1. The van der Waals surface area contributed by atoms with Crippen molar-refractivity contribution >= 4 is 18.2 Å². The van der Waals surface area contributed by atoms with Gasteiger partial charge >= 0.3 is 0 Å². The summed E-state index contributed by atoms with van der Waals surface area (Å²) in [6.45, 7) is 4.42. The van der Waals surface area contributed by atoms with Crippen molar-refractivity contribution in [1.82, 2.24) is 29.2 Å². The molecule has 144 valence electrons. The highest BCUT2D eigenvalue weighted by molar-refractivity contribution is 7.71. The van der Waals surface area contributed by atoms with Crippen LogP contribution in [-0.2, 0) is 6.67 Å². The van der Waals surface area contributed by atoms with E-state index in [1.54, 1.807) is 12.4 Å². The van der Waals surface area contributed by atoms with E-state index in [9.17, 15) is 0 Å². The van der Waals surface area contributed by atoms with E-state index in [4.69, 9.17) is 17.3 Å². The molecule has 0 radical (unpaired) electrons. The fourth-order valence-corrected chi connectivity index (χ4v) is 3.97. The number of aromatic nitrogens is 5. The zero-order chi connectivity index (χ0) is 18.9. The van der Waals surface area contributed by atoms with E-state index in [2.05, 4.69) is 48.6 Å². The molecule has 3 heterocycles. The highest BCUT2D eigenvalue weighted by Crippen LogP contribution is 2.40. The summed E-state index contributed by atoms with van der Waals surface area (Å²) in [5.74, 6) is 2.45. The molecule has 1 aliphatic heterocycles. The second kappa shape index (κ2) is 7.44. The van der Waals surface area contributed by atoms with Crippen molar-refractivity contribution in [2.75, 3.05) is 31.1 Å². The summed E-state index contributed by atoms with van der Waals surface area (Å²) in [4.78, 5) is 13.3. The Hall–Kier alpha value is -2.58. The van der Waals surface area contributed by atoms with Gasteiger partial charge in [-0.2, -0.15) is 5.10 Å². The molecule has 5 rings (SSSR count). The molecule has 1 saturated carbocycles. The summed E-state index contributed by atoms with van der Waals surface area (Å²) in [5.41, 5.74) is 1.10. The van der Waals surface area contributed by atoms with Gasteiger partial charge in [0.1, 0.15) is 5.82 Å². The highest BCUT2D eigenvalue weighted by Gasteiger charge is 2.31. The van der Waals surface area contributed by atoms with Gasteiger partial charge in [0, 0.05) is 50.2 Å². The molecule has 0 N–H and O–H groups in total. The normalized spacial score (nSPS) is 17.8. The van der Waals surface area contributed by atoms with E-state index >= 15 is 0 Å². The zero-order valence-electron chi connectivity index (χ0n) is 15.7. The van der Waals surface area contributed by atoms with E-state index in [-0.39, 0.29) is 0 Å². The highest BCUT2D eigenvalue weighted by atomic mass is 32.1. The van der Waals surface area contributed by atoms with Crippen molar-refractivity contribution in [2.24, 2.45) is 0 Å². The Kier molecular flexibility index (Phi) is 4.66. The zero-order valence-corrected chi connectivity index (χ0v) is 16.5. The van der Waals surface area contributed by atoms with Gasteiger partial charge in [-0.1, -0.05) is 18.2 Å². The molecule has 2 aromatic heterocycles. The molecule has 0 amide bonds. The largest absolute Gasteiger partial charge is 0.338 e. The first kappa shape index (κ1) is 17.5. The van der Waals surface area contributed by atoms with Crippen molar-refractivity contribution in [2.45, 2.75) is 25.4 Å². The molecular weight excluding hydrogens is 370 g/mol. The van der Waals surface area contributed by atoms with Gasteiger partial charge in [0.05, 0.1) is 6.67 Å². The lowest BCUT2D eigenvalue weighted by Gasteiger charge is -2.34. The molecule has 0 atom stereocenters. The van der Waals surface area contributed by atoms with Gasteiger partial charge in [0.15, 0.2) is 0 Å². The van der Waals surface area contributed by atoms with Crippen LogP contribution in [0.2, 0.25) is 0 Å². The topological polar surface area (TPSA) is 55.0 Å². The van der Waals surface area contributed by atoms with E-state index < -0.39 is 0 Å². The van der Waals surface area contributed by atoms with Crippen molar-refractivity contribution in [3.8, 4) is 5.69 Å². The van der Waals surface area contributed by atoms with Gasteiger partial charge in [-0.05, 0) is 43.3 Å². The molecule has 28 heavy (non-hydrogen) atoms. The molecule has 2 aliphatic rings. The van der Waals surface area contributed by atoms with Crippen molar-refractivity contribution in [3.05, 3.63) is 59.4 Å². The fraction of sp³-hybridized carbons (Fsp3) is 0.400. The summed E-state index contributed by atoms with van der Waals surface area (Å²) >= 11 is 5.82. The first-order valence-corrected chi connectivity index (χ1v) is 10.2. The quantitative estimate of drug-likeness (QED) is 0.622. The maximum absolute atomic E-state index is 5.82. The average molecular weight is 394 g/mol. The van der Waals surface area contributed by atoms with Crippen LogP contribution in [0.15, 0.2) is 48.8 Å². The maximum Gasteiger partial charge on any atom is 0.225 e. The summed E-state index contributed by atoms with van der Waals surface area (Å²) in [6, 6.07) is 12.2. The molecule has 0 unspecified atom stereocenters. The minimum absolute atomic E-state index is 0.537. The van der Waals surface area contributed by atoms with E-state index in [1.807, 2.05) is 16.8 Å². The van der Waals surface area contributed by atoms with Crippen LogP contribution in [0.3, 0.4) is 0 Å². The van der Waals surface area contributed by atoms with Crippen molar-refractivity contribution in [1.29, 1.82) is 0 Å². The Balaban J connectivity index is 1.33. The molecule has 7 nitrogen and oxygen atoms in total. The SMILES string of the molecule is S=c1n(CN2CCN(c3ncccn3)CC2)nc(C2CC2)n1-c1ccccc1. The first-order valence-electron chi connectivity index (χ1n) is 9.79. The van der Waals surface area contributed by atoms with Crippen LogP contribution in [-0.4, -0.2) is 55.4 Å². The standard InChI is InChI=1S/C20H23N7S/c28-20-26(15-24-11-13-25(14-12-24)19-21-9-4-10-22-19)23-18(16-7-8-16)27(20)17-5-2-1-3-6-17/h1-6,9-10,16H,7-8,11-15H2. The second-order valence-electron chi connectivity index (χ2n) is 7.38. The molecule has 2 fully saturated rings. The monoisotopic (exact) mass is 393 g/mol. The van der Waals surface area contributed by atoms with Gasteiger partial charge < -0.3 is 4.90 Å². The number of nitrogens with zero attached hydrogens (tertiary/aromatic N) is 7. The molecular formula is C20H23N7S. The van der Waals surface area contributed by atoms with E-state index in [1.165, 1.54) is 12.8 Å². The van der Waals surface area contributed by atoms with Crippen LogP contribution >= 0.6 is 12.2 Å². The number of hydrogen-bond acceptors (Lipinski definition) is 6. The smallest absolute Gasteiger partial charge is 0.225 e. The Bertz CT molecular complexity index is 986. The number of para-hydroxylation sites is 1. The van der Waals surface area contributed by atoms with Gasteiger partial charge in [0.25, 0.3) is 0 Å². The third-order valence-corrected chi connectivity index (χ3v) is 5.76. The molecule has 3 aromatic rings. The van der Waals surface area contributed by atoms with Gasteiger partial charge in [-0.15, -0.1) is 0 Å². The Morgan fingerprint density at radius 2 is 1.64 bits per heavy atom. The Morgan fingerprint density at radius 3 is 2.32 bits per heavy atom. The third-order valence-electron chi connectivity index (χ3n) is 5.36. The molecule has 1 aromatic carbocycles. The molecule has 0 bridgehead atoms. The molecule has 8 heteroatoms. The summed E-state index contributed by atoms with van der Waals surface area (Å²) in [5, 5.41) is 4.91. The van der Waals surface area contributed by atoms with E-state index in [0.717, 1.165) is 55.1 Å². The lowest BCUT2D eigenvalue weighted by Crippen LogP contribution is -2.47. The van der Waals surface area contributed by atoms with Gasteiger partial charge in [0.2, 0.25) is 10.7 Å². The Labute approximate surface area is 169 Å². The van der Waals surface area contributed by atoms with Crippen LogP contribution in [0.5, 0.6) is 0 Å². The number of anilines is 1. The predicted molar refractivity (Wildman–Crippen MR) is 110 cm³/mol. The summed E-state index contributed by atoms with van der Waals surface area (Å²) in [7, 11) is 0. The van der Waals surface area contributed by atoms with Gasteiger partial charge in [-0.25, -0.2) is 14.6 Å². The molecule has 1 aliphatic carbocycles. The lowest BCUT2D eigenvalue weighted by molar-refractivity contribution is 0.193. The minimum Gasteiger partial charge on any atom is -0.338 e. The van der Waals surface area contributed by atoms with Crippen molar-refractivity contribution in [3.63, 3.8) is 0 Å². The summed E-state index contributed by atoms with van der Waals surface area (Å²) in [6.07, 6.45) is 6.00. The first-order chi connectivity index (χ1) is 13.8. The van der Waals surface area contributed by atoms with Crippen LogP contribution < -0.4 is 4.90 Å². The molecule has 1 saturated heterocycles. The number of piperazine rings is 1. The average Bonchev–Trinajstić information content (AvgIpc) is 3.55. The minimum atomic E-state index is 0.537. The van der Waals surface area contributed by atoms with Crippen LogP contribution in [0.25, 0.3) is 5.69 Å². The molecule has 0 spiro atoms. The predicted octanol–water partition coefficient (Wildman–Crippen LogP) is 2.85. The maximum atomic E-state index is 5.82. The Morgan fingerprint density at radius 1 is 0.929 bits per heavy atom. The van der Waals surface area contributed by atoms with Crippen LogP contribution in [0.1, 0.15) is 24.6 Å². The van der Waals surface area contributed by atoms with E-state index in [0.29, 0.717) is 5.92 Å². The third kappa shape index (κ3) is 3.45. The fourth-order valence-electron chi connectivity index (χ4n) is 3.68. The number of hydrogen-bond donors (Lipinski definition) is 0. The van der Waals surface area contributed by atoms with Crippen LogP contribution in [0, 0.1) is 4.77 Å². The van der Waals surface area contributed by atoms with Crippen LogP contribution in [0.4, 0.5) is 5.95 Å². The summed E-state index contributed by atoms with van der Waals surface area (Å²) < 4.78 is 4.92. The lowest BCUT2D eigenvalue weighted by atomic mass is 10.3. The van der Waals surface area contributed by atoms with Gasteiger partial charge in [-0.3, -0.25) is 9.47 Å².